The fraction of sp³-hybridized carbons (Fsp3) is 0.714. The molecule has 1 aliphatic rings. The van der Waals surface area contributed by atoms with Crippen molar-refractivity contribution in [1.82, 2.24) is 10.6 Å². The van der Waals surface area contributed by atoms with Gasteiger partial charge in [0.1, 0.15) is 0 Å². The summed E-state index contributed by atoms with van der Waals surface area (Å²) in [5.41, 5.74) is 5.05. The fourth-order valence-electron chi connectivity index (χ4n) is 1.23. The molecule has 16 heavy (non-hydrogen) atoms. The van der Waals surface area contributed by atoms with Crippen molar-refractivity contribution in [3.05, 3.63) is 10.1 Å². The first kappa shape index (κ1) is 13.9. The molecule has 0 aromatic carbocycles. The number of nitrogens with two attached hydrogens (primary N) is 1. The summed E-state index contributed by atoms with van der Waals surface area (Å²) >= 11 is 0. The van der Waals surface area contributed by atoms with Crippen molar-refractivity contribution in [3.63, 3.8) is 0 Å². The van der Waals surface area contributed by atoms with E-state index in [0.29, 0.717) is 12.0 Å². The molecule has 92 valence electrons. The van der Waals surface area contributed by atoms with Gasteiger partial charge in [-0.1, -0.05) is 13.3 Å². The molecule has 0 bridgehead atoms. The number of rotatable bonds is 2. The molecule has 9 heteroatoms. The quantitative estimate of drug-likeness (QED) is 0.162. The molecule has 1 rings (SSSR count). The molecule has 0 aliphatic heterocycles. The number of guanidine groups is 2. The molecule has 0 radical (unpaired) electrons. The topological polar surface area (TPSA) is 161 Å². The van der Waals surface area contributed by atoms with Crippen LogP contribution in [0.15, 0.2) is 0 Å². The van der Waals surface area contributed by atoms with Crippen molar-refractivity contribution in [3.8, 4) is 0 Å². The molecule has 1 aliphatic carbocycles. The maximum absolute atomic E-state index is 8.36. The molecule has 2 unspecified atom stereocenters. The maximum Gasteiger partial charge on any atom is 0.291 e. The monoisotopic (exact) mass is 232 g/mol. The van der Waals surface area contributed by atoms with E-state index >= 15 is 0 Å². The van der Waals surface area contributed by atoms with Crippen LogP contribution in [0, 0.1) is 26.9 Å². The number of hydrogen-bond donors (Lipinski definition) is 6. The minimum Gasteiger partial charge on any atom is -0.370 e. The van der Waals surface area contributed by atoms with Crippen molar-refractivity contribution in [2.75, 3.05) is 0 Å². The third-order valence-electron chi connectivity index (χ3n) is 2.04. The minimum absolute atomic E-state index is 0.128. The first-order valence-electron chi connectivity index (χ1n) is 4.66. The highest BCUT2D eigenvalue weighted by molar-refractivity contribution is 5.95. The average Bonchev–Trinajstić information content (AvgIpc) is 2.80. The first-order valence-corrected chi connectivity index (χ1v) is 4.66. The van der Waals surface area contributed by atoms with Gasteiger partial charge >= 0.3 is 0 Å². The molecule has 7 N–H and O–H groups in total. The van der Waals surface area contributed by atoms with Gasteiger partial charge in [-0.2, -0.15) is 0 Å². The predicted octanol–water partition coefficient (Wildman–Crippen LogP) is -0.555. The van der Waals surface area contributed by atoms with Crippen molar-refractivity contribution >= 4 is 11.9 Å². The molecule has 0 saturated heterocycles. The summed E-state index contributed by atoms with van der Waals surface area (Å²) in [4.78, 5) is 8.36. The molecule has 0 amide bonds. The first-order chi connectivity index (χ1) is 7.36. The standard InChI is InChI=1S/C7H15N5.HNO3/c1-2-4-3-5(4)11-7(10)12-6(8)9;2-1(3)4/h4-5H,2-3H2,1H3,(H6,8,9,10,11,12);(H,2,3,4). The van der Waals surface area contributed by atoms with E-state index in [1.54, 1.807) is 0 Å². The van der Waals surface area contributed by atoms with Crippen molar-refractivity contribution in [2.45, 2.75) is 25.8 Å². The smallest absolute Gasteiger partial charge is 0.291 e. The third kappa shape index (κ3) is 7.35. The number of nitrogens with zero attached hydrogens (tertiary/aromatic N) is 1. The largest absolute Gasteiger partial charge is 0.370 e. The van der Waals surface area contributed by atoms with Crippen LogP contribution in [0.4, 0.5) is 0 Å². The molecule has 0 heterocycles. The highest BCUT2D eigenvalue weighted by Gasteiger charge is 2.35. The lowest BCUT2D eigenvalue weighted by Crippen LogP contribution is -2.44. The molecule has 0 aromatic heterocycles. The van der Waals surface area contributed by atoms with E-state index in [2.05, 4.69) is 17.6 Å². The van der Waals surface area contributed by atoms with Gasteiger partial charge in [-0.15, -0.1) is 10.1 Å². The second kappa shape index (κ2) is 6.43. The lowest BCUT2D eigenvalue weighted by atomic mass is 10.3. The Hall–Kier alpha value is -2.06. The minimum atomic E-state index is -1.50. The Bertz CT molecular complexity index is 277. The molecule has 9 nitrogen and oxygen atoms in total. The lowest BCUT2D eigenvalue weighted by molar-refractivity contribution is -0.742. The Morgan fingerprint density at radius 1 is 1.69 bits per heavy atom. The van der Waals surface area contributed by atoms with Crippen LogP contribution in [-0.4, -0.2) is 28.3 Å². The summed E-state index contributed by atoms with van der Waals surface area (Å²) < 4.78 is 0. The zero-order valence-corrected chi connectivity index (χ0v) is 8.86. The van der Waals surface area contributed by atoms with Gasteiger partial charge in [0.05, 0.1) is 0 Å². The van der Waals surface area contributed by atoms with E-state index in [1.807, 2.05) is 0 Å². The number of hydrogen-bond acceptors (Lipinski definition) is 4. The van der Waals surface area contributed by atoms with Gasteiger partial charge in [0.25, 0.3) is 5.09 Å². The van der Waals surface area contributed by atoms with Gasteiger partial charge in [-0.05, 0) is 12.3 Å². The van der Waals surface area contributed by atoms with Crippen LogP contribution in [0.2, 0.25) is 0 Å². The Kier molecular flexibility index (Phi) is 5.60. The van der Waals surface area contributed by atoms with Crippen LogP contribution in [0.1, 0.15) is 19.8 Å². The van der Waals surface area contributed by atoms with E-state index in [9.17, 15) is 0 Å². The van der Waals surface area contributed by atoms with Crippen LogP contribution in [-0.2, 0) is 0 Å². The average molecular weight is 232 g/mol. The Morgan fingerprint density at radius 2 is 2.19 bits per heavy atom. The molecular weight excluding hydrogens is 216 g/mol. The summed E-state index contributed by atoms with van der Waals surface area (Å²) in [6.07, 6.45) is 2.27. The molecule has 0 spiro atoms. The fourth-order valence-corrected chi connectivity index (χ4v) is 1.23. The second-order valence-electron chi connectivity index (χ2n) is 3.31. The molecule has 0 aromatic rings. The zero-order valence-electron chi connectivity index (χ0n) is 8.86. The van der Waals surface area contributed by atoms with Gasteiger partial charge in [-0.3, -0.25) is 16.1 Å². The Labute approximate surface area is 92.1 Å². The number of nitrogens with one attached hydrogen (secondary N) is 4. The van der Waals surface area contributed by atoms with E-state index in [4.69, 9.17) is 31.9 Å². The predicted molar refractivity (Wildman–Crippen MR) is 56.9 cm³/mol. The van der Waals surface area contributed by atoms with Crippen molar-refractivity contribution in [1.29, 1.82) is 10.8 Å². The summed E-state index contributed by atoms with van der Waals surface area (Å²) in [5, 5.41) is 33.2. The van der Waals surface area contributed by atoms with E-state index < -0.39 is 5.09 Å². The molecule has 1 saturated carbocycles. The SMILES string of the molecule is CCC1CC1NC(=N)NC(=N)N.O=[N+]([O-])O. The van der Waals surface area contributed by atoms with Crippen LogP contribution >= 0.6 is 0 Å². The van der Waals surface area contributed by atoms with Gasteiger partial charge in [0, 0.05) is 6.04 Å². The summed E-state index contributed by atoms with van der Waals surface area (Å²) in [6.45, 7) is 2.13. The van der Waals surface area contributed by atoms with E-state index in [0.717, 1.165) is 12.8 Å². The second-order valence-corrected chi connectivity index (χ2v) is 3.31. The lowest BCUT2D eigenvalue weighted by Gasteiger charge is -2.07. The zero-order chi connectivity index (χ0) is 12.7. The van der Waals surface area contributed by atoms with Gasteiger partial charge < -0.3 is 16.3 Å². The summed E-state index contributed by atoms with van der Waals surface area (Å²) in [7, 11) is 0. The highest BCUT2D eigenvalue weighted by atomic mass is 16.9. The van der Waals surface area contributed by atoms with Crippen LogP contribution in [0.3, 0.4) is 0 Å². The van der Waals surface area contributed by atoms with E-state index in [-0.39, 0.29) is 11.9 Å². The van der Waals surface area contributed by atoms with Crippen LogP contribution in [0.25, 0.3) is 0 Å². The normalized spacial score (nSPS) is 21.1. The molecule has 1 fully saturated rings. The van der Waals surface area contributed by atoms with Crippen molar-refractivity contribution in [2.24, 2.45) is 11.7 Å². The summed E-state index contributed by atoms with van der Waals surface area (Å²) in [6, 6.07) is 0.411. The van der Waals surface area contributed by atoms with Crippen LogP contribution in [0.5, 0.6) is 0 Å². The van der Waals surface area contributed by atoms with Crippen LogP contribution < -0.4 is 16.4 Å². The molecular formula is C7H16N6O3. The highest BCUT2D eigenvalue weighted by Crippen LogP contribution is 2.32. The molecule has 2 atom stereocenters. The maximum atomic E-state index is 8.36. The van der Waals surface area contributed by atoms with Gasteiger partial charge in [0.15, 0.2) is 11.9 Å². The third-order valence-corrected chi connectivity index (χ3v) is 2.04. The van der Waals surface area contributed by atoms with E-state index in [1.165, 1.54) is 0 Å². The van der Waals surface area contributed by atoms with Gasteiger partial charge in [-0.25, -0.2) is 0 Å². The Morgan fingerprint density at radius 3 is 2.50 bits per heavy atom. The van der Waals surface area contributed by atoms with Gasteiger partial charge in [0.2, 0.25) is 0 Å². The summed E-state index contributed by atoms with van der Waals surface area (Å²) in [5.74, 6) is 0.628. The van der Waals surface area contributed by atoms with Crippen molar-refractivity contribution < 1.29 is 10.3 Å². The Balaban J connectivity index is 0.000000487.